The zero-order valence-electron chi connectivity index (χ0n) is 20.1. The Morgan fingerprint density at radius 3 is 2.42 bits per heavy atom. The second kappa shape index (κ2) is 12.9. The maximum atomic E-state index is 13.1. The van der Waals surface area contributed by atoms with E-state index in [1.807, 2.05) is 0 Å². The highest BCUT2D eigenvalue weighted by molar-refractivity contribution is 7.89. The SMILES string of the molecule is C=CCNC(=O)C(C)N(Cc1ccc(Cl)cc1)C(=O)COc1ccc(S(=O)(=O)N2CCOCC2)cc1. The van der Waals surface area contributed by atoms with E-state index in [1.165, 1.54) is 33.5 Å². The van der Waals surface area contributed by atoms with Gasteiger partial charge in [-0.05, 0) is 48.9 Å². The minimum absolute atomic E-state index is 0.139. The fourth-order valence-corrected chi connectivity index (χ4v) is 5.10. The fraction of sp³-hybridized carbons (Fsp3) is 0.360. The molecule has 1 unspecified atom stereocenters. The Labute approximate surface area is 216 Å². The van der Waals surface area contributed by atoms with Crippen LogP contribution in [0.25, 0.3) is 0 Å². The first-order valence-corrected chi connectivity index (χ1v) is 13.3. The molecule has 0 radical (unpaired) electrons. The molecule has 1 atom stereocenters. The molecule has 1 N–H and O–H groups in total. The van der Waals surface area contributed by atoms with Crippen LogP contribution < -0.4 is 10.1 Å². The van der Waals surface area contributed by atoms with E-state index in [4.69, 9.17) is 21.1 Å². The number of benzene rings is 2. The molecule has 0 aromatic heterocycles. The van der Waals surface area contributed by atoms with Crippen molar-refractivity contribution >= 4 is 33.4 Å². The molecular formula is C25H30ClN3O6S. The first-order chi connectivity index (χ1) is 17.2. The lowest BCUT2D eigenvalue weighted by Gasteiger charge is -2.28. The molecule has 1 saturated heterocycles. The molecule has 2 aromatic carbocycles. The number of nitrogens with zero attached hydrogens (tertiary/aromatic N) is 2. The number of amides is 2. The Hall–Kier alpha value is -2.92. The lowest BCUT2D eigenvalue weighted by atomic mass is 10.1. The van der Waals surface area contributed by atoms with Crippen LogP contribution in [0.15, 0.2) is 66.1 Å². The Balaban J connectivity index is 1.68. The molecule has 1 aliphatic rings. The van der Waals surface area contributed by atoms with Gasteiger partial charge < -0.3 is 19.7 Å². The summed E-state index contributed by atoms with van der Waals surface area (Å²) in [5.41, 5.74) is 0.800. The van der Waals surface area contributed by atoms with Crippen LogP contribution in [0.4, 0.5) is 0 Å². The zero-order valence-corrected chi connectivity index (χ0v) is 21.6. The highest BCUT2D eigenvalue weighted by Gasteiger charge is 2.28. The number of morpholine rings is 1. The molecule has 9 nitrogen and oxygen atoms in total. The van der Waals surface area contributed by atoms with E-state index in [-0.39, 0.29) is 30.5 Å². The maximum absolute atomic E-state index is 13.1. The topological polar surface area (TPSA) is 105 Å². The van der Waals surface area contributed by atoms with Crippen molar-refractivity contribution in [2.45, 2.75) is 24.4 Å². The molecule has 11 heteroatoms. The summed E-state index contributed by atoms with van der Waals surface area (Å²) >= 11 is 5.96. The predicted molar refractivity (Wildman–Crippen MR) is 136 cm³/mol. The summed E-state index contributed by atoms with van der Waals surface area (Å²) in [7, 11) is -3.63. The standard InChI is InChI=1S/C25H30ClN3O6S/c1-3-12-27-25(31)19(2)29(17-20-4-6-21(26)7-5-20)24(30)18-35-22-8-10-23(11-9-22)36(32,33)28-13-15-34-16-14-28/h3-11,19H,1,12-18H2,2H3,(H,27,31). The number of nitrogens with one attached hydrogen (secondary N) is 1. The van der Waals surface area contributed by atoms with Gasteiger partial charge in [0, 0.05) is 31.2 Å². The molecule has 2 aromatic rings. The van der Waals surface area contributed by atoms with Crippen LogP contribution in [0.5, 0.6) is 5.75 Å². The van der Waals surface area contributed by atoms with E-state index in [1.54, 1.807) is 37.3 Å². The molecule has 2 amide bonds. The van der Waals surface area contributed by atoms with Crippen molar-refractivity contribution < 1.29 is 27.5 Å². The first kappa shape index (κ1) is 27.7. The normalized spacial score (nSPS) is 15.1. The number of halogens is 1. The molecule has 1 heterocycles. The number of carbonyl (C=O) groups is 2. The summed E-state index contributed by atoms with van der Waals surface area (Å²) in [5, 5.41) is 3.27. The Bertz CT molecular complexity index is 1150. The number of hydrogen-bond acceptors (Lipinski definition) is 6. The molecule has 0 aliphatic carbocycles. The van der Waals surface area contributed by atoms with E-state index >= 15 is 0 Å². The van der Waals surface area contributed by atoms with Crippen molar-refractivity contribution in [3.8, 4) is 5.75 Å². The molecular weight excluding hydrogens is 506 g/mol. The third-order valence-electron chi connectivity index (χ3n) is 5.65. The van der Waals surface area contributed by atoms with Crippen molar-refractivity contribution in [1.82, 2.24) is 14.5 Å². The molecule has 0 spiro atoms. The van der Waals surface area contributed by atoms with Gasteiger partial charge in [0.1, 0.15) is 11.8 Å². The van der Waals surface area contributed by atoms with Crippen LogP contribution in [-0.2, 0) is 30.9 Å². The quantitative estimate of drug-likeness (QED) is 0.443. The Kier molecular flexibility index (Phi) is 9.89. The zero-order chi connectivity index (χ0) is 26.1. The summed E-state index contributed by atoms with van der Waals surface area (Å²) in [5.74, 6) is -0.398. The van der Waals surface area contributed by atoms with Crippen molar-refractivity contribution in [3.05, 3.63) is 71.8 Å². The second-order valence-electron chi connectivity index (χ2n) is 8.13. The van der Waals surface area contributed by atoms with Crippen LogP contribution in [0.1, 0.15) is 12.5 Å². The van der Waals surface area contributed by atoms with Gasteiger partial charge in [0.25, 0.3) is 5.91 Å². The molecule has 1 aliphatic heterocycles. The smallest absolute Gasteiger partial charge is 0.261 e. The minimum atomic E-state index is -3.63. The van der Waals surface area contributed by atoms with E-state index < -0.39 is 22.0 Å². The van der Waals surface area contributed by atoms with Crippen molar-refractivity contribution in [2.75, 3.05) is 39.5 Å². The summed E-state index contributed by atoms with van der Waals surface area (Å²) in [4.78, 5) is 27.2. The molecule has 0 bridgehead atoms. The van der Waals surface area contributed by atoms with Crippen LogP contribution in [-0.4, -0.2) is 74.9 Å². The predicted octanol–water partition coefficient (Wildman–Crippen LogP) is 2.46. The van der Waals surface area contributed by atoms with Gasteiger partial charge in [-0.1, -0.05) is 29.8 Å². The number of carbonyl (C=O) groups excluding carboxylic acids is 2. The minimum Gasteiger partial charge on any atom is -0.484 e. The maximum Gasteiger partial charge on any atom is 0.261 e. The lowest BCUT2D eigenvalue weighted by Crippen LogP contribution is -2.49. The van der Waals surface area contributed by atoms with E-state index in [9.17, 15) is 18.0 Å². The molecule has 194 valence electrons. The monoisotopic (exact) mass is 535 g/mol. The highest BCUT2D eigenvalue weighted by atomic mass is 35.5. The summed E-state index contributed by atoms with van der Waals surface area (Å²) in [6, 6.07) is 12.1. The van der Waals surface area contributed by atoms with Gasteiger partial charge >= 0.3 is 0 Å². The summed E-state index contributed by atoms with van der Waals surface area (Å²) in [6.07, 6.45) is 1.56. The summed E-state index contributed by atoms with van der Waals surface area (Å²) < 4.78 is 37.8. The molecule has 0 saturated carbocycles. The largest absolute Gasteiger partial charge is 0.484 e. The van der Waals surface area contributed by atoms with Gasteiger partial charge in [0.15, 0.2) is 6.61 Å². The third kappa shape index (κ3) is 7.30. The highest BCUT2D eigenvalue weighted by Crippen LogP contribution is 2.21. The molecule has 1 fully saturated rings. The van der Waals surface area contributed by atoms with Crippen molar-refractivity contribution in [1.29, 1.82) is 0 Å². The molecule has 3 rings (SSSR count). The number of sulfonamides is 1. The van der Waals surface area contributed by atoms with Crippen LogP contribution in [0.3, 0.4) is 0 Å². The average Bonchev–Trinajstić information content (AvgIpc) is 2.90. The van der Waals surface area contributed by atoms with E-state index in [0.717, 1.165) is 5.56 Å². The van der Waals surface area contributed by atoms with Gasteiger partial charge in [-0.2, -0.15) is 4.31 Å². The van der Waals surface area contributed by atoms with Crippen molar-refractivity contribution in [3.63, 3.8) is 0 Å². The Morgan fingerprint density at radius 2 is 1.81 bits per heavy atom. The second-order valence-corrected chi connectivity index (χ2v) is 10.5. The van der Waals surface area contributed by atoms with Gasteiger partial charge in [-0.15, -0.1) is 6.58 Å². The van der Waals surface area contributed by atoms with Gasteiger partial charge in [-0.3, -0.25) is 9.59 Å². The van der Waals surface area contributed by atoms with E-state index in [0.29, 0.717) is 37.1 Å². The lowest BCUT2D eigenvalue weighted by molar-refractivity contribution is -0.142. The number of rotatable bonds is 11. The first-order valence-electron chi connectivity index (χ1n) is 11.5. The number of hydrogen-bond donors (Lipinski definition) is 1. The number of ether oxygens (including phenoxy) is 2. The van der Waals surface area contributed by atoms with Crippen LogP contribution in [0, 0.1) is 0 Å². The average molecular weight is 536 g/mol. The van der Waals surface area contributed by atoms with Crippen molar-refractivity contribution in [2.24, 2.45) is 0 Å². The van der Waals surface area contributed by atoms with Crippen LogP contribution >= 0.6 is 11.6 Å². The van der Waals surface area contributed by atoms with Gasteiger partial charge in [-0.25, -0.2) is 8.42 Å². The fourth-order valence-electron chi connectivity index (χ4n) is 3.56. The Morgan fingerprint density at radius 1 is 1.17 bits per heavy atom. The van der Waals surface area contributed by atoms with E-state index in [2.05, 4.69) is 11.9 Å². The van der Waals surface area contributed by atoms with Gasteiger partial charge in [0.2, 0.25) is 15.9 Å². The molecule has 36 heavy (non-hydrogen) atoms. The van der Waals surface area contributed by atoms with Crippen LogP contribution in [0.2, 0.25) is 5.02 Å². The third-order valence-corrected chi connectivity index (χ3v) is 7.81. The summed E-state index contributed by atoms with van der Waals surface area (Å²) in [6.45, 7) is 6.68. The van der Waals surface area contributed by atoms with Gasteiger partial charge in [0.05, 0.1) is 18.1 Å².